The van der Waals surface area contributed by atoms with Crippen LogP contribution in [0.15, 0.2) is 67.1 Å². The number of carbonyl (C=O) groups excluding carboxylic acids is 2. The second kappa shape index (κ2) is 9.90. The van der Waals surface area contributed by atoms with Crippen LogP contribution in [0.5, 0.6) is 0 Å². The van der Waals surface area contributed by atoms with Crippen molar-refractivity contribution in [1.82, 2.24) is 9.97 Å². The summed E-state index contributed by atoms with van der Waals surface area (Å²) in [7, 11) is 0. The second-order valence-electron chi connectivity index (χ2n) is 7.92. The van der Waals surface area contributed by atoms with E-state index < -0.39 is 17.6 Å². The Morgan fingerprint density at radius 2 is 1.85 bits per heavy atom. The van der Waals surface area contributed by atoms with Crippen molar-refractivity contribution in [2.24, 2.45) is 5.92 Å². The third-order valence-electron chi connectivity index (χ3n) is 5.54. The van der Waals surface area contributed by atoms with Crippen molar-refractivity contribution in [1.29, 1.82) is 0 Å². The molecule has 1 aliphatic rings. The van der Waals surface area contributed by atoms with E-state index in [2.05, 4.69) is 20.6 Å². The van der Waals surface area contributed by atoms with Gasteiger partial charge in [0.05, 0.1) is 28.9 Å². The first-order valence-corrected chi connectivity index (χ1v) is 10.7. The summed E-state index contributed by atoms with van der Waals surface area (Å²) in [6.07, 6.45) is 1.78. The summed E-state index contributed by atoms with van der Waals surface area (Å²) in [5, 5.41) is 5.29. The lowest BCUT2D eigenvalue weighted by atomic mass is 9.97. The second-order valence-corrected chi connectivity index (χ2v) is 7.92. The predicted octanol–water partition coefficient (Wildman–Crippen LogP) is 4.60. The van der Waals surface area contributed by atoms with Crippen molar-refractivity contribution in [3.8, 4) is 0 Å². The van der Waals surface area contributed by atoms with Gasteiger partial charge >= 0.3 is 6.18 Å². The minimum absolute atomic E-state index is 0.00727. The zero-order valence-electron chi connectivity index (χ0n) is 18.0. The number of nitrogens with one attached hydrogen (secondary N) is 2. The first-order chi connectivity index (χ1) is 16.3. The van der Waals surface area contributed by atoms with Crippen LogP contribution < -0.4 is 15.5 Å². The van der Waals surface area contributed by atoms with Crippen LogP contribution in [0, 0.1) is 5.92 Å². The zero-order chi connectivity index (χ0) is 24.1. The molecule has 2 N–H and O–H groups in total. The highest BCUT2D eigenvalue weighted by Crippen LogP contribution is 2.31. The van der Waals surface area contributed by atoms with E-state index in [1.807, 2.05) is 4.90 Å². The monoisotopic (exact) mass is 469 g/mol. The third-order valence-corrected chi connectivity index (χ3v) is 5.54. The van der Waals surface area contributed by atoms with Gasteiger partial charge in [0, 0.05) is 31.2 Å². The van der Waals surface area contributed by atoms with Crippen molar-refractivity contribution in [3.63, 3.8) is 0 Å². The van der Waals surface area contributed by atoms with Gasteiger partial charge in [-0.15, -0.1) is 0 Å². The summed E-state index contributed by atoms with van der Waals surface area (Å²) in [5.41, 5.74) is -0.423. The van der Waals surface area contributed by atoms with E-state index in [0.29, 0.717) is 18.8 Å². The van der Waals surface area contributed by atoms with Gasteiger partial charge in [-0.3, -0.25) is 14.6 Å². The molecular weight excluding hydrogens is 447 g/mol. The Balaban J connectivity index is 1.46. The molecule has 0 saturated carbocycles. The lowest BCUT2D eigenvalue weighted by Crippen LogP contribution is -2.41. The Morgan fingerprint density at radius 3 is 2.62 bits per heavy atom. The number of para-hydroxylation sites is 1. The number of hydrogen-bond donors (Lipinski definition) is 2. The normalized spacial score (nSPS) is 16.1. The van der Waals surface area contributed by atoms with E-state index in [4.69, 9.17) is 0 Å². The molecular formula is C24H22F3N5O2. The molecule has 2 aromatic carbocycles. The Labute approximate surface area is 194 Å². The van der Waals surface area contributed by atoms with Gasteiger partial charge in [-0.1, -0.05) is 18.2 Å². The maximum Gasteiger partial charge on any atom is 0.416 e. The van der Waals surface area contributed by atoms with Crippen LogP contribution in [0.3, 0.4) is 0 Å². The van der Waals surface area contributed by atoms with Crippen LogP contribution in [-0.2, 0) is 11.0 Å². The average molecular weight is 469 g/mol. The highest BCUT2D eigenvalue weighted by atomic mass is 19.4. The number of carbonyl (C=O) groups is 2. The lowest BCUT2D eigenvalue weighted by Gasteiger charge is -2.32. The molecule has 34 heavy (non-hydrogen) atoms. The molecule has 7 nitrogen and oxygen atoms in total. The smallest absolute Gasteiger partial charge is 0.355 e. The Bertz CT molecular complexity index is 1170. The fourth-order valence-corrected chi connectivity index (χ4v) is 3.85. The van der Waals surface area contributed by atoms with Crippen LogP contribution in [0.2, 0.25) is 0 Å². The van der Waals surface area contributed by atoms with Crippen LogP contribution in [0.4, 0.5) is 30.4 Å². The number of piperidine rings is 1. The summed E-state index contributed by atoms with van der Waals surface area (Å²) >= 11 is 0. The van der Waals surface area contributed by atoms with Gasteiger partial charge in [-0.25, -0.2) is 4.98 Å². The van der Waals surface area contributed by atoms with E-state index >= 15 is 0 Å². The molecule has 1 atom stereocenters. The quantitative estimate of drug-likeness (QED) is 0.570. The van der Waals surface area contributed by atoms with Crippen molar-refractivity contribution in [2.45, 2.75) is 19.0 Å². The van der Waals surface area contributed by atoms with Gasteiger partial charge in [0.25, 0.3) is 5.91 Å². The minimum atomic E-state index is -4.52. The fraction of sp³-hybridized carbons (Fsp3) is 0.250. The highest BCUT2D eigenvalue weighted by molar-refractivity contribution is 6.10. The van der Waals surface area contributed by atoms with Gasteiger partial charge in [0.1, 0.15) is 5.82 Å². The van der Waals surface area contributed by atoms with Crippen LogP contribution in [0.1, 0.15) is 28.8 Å². The average Bonchev–Trinajstić information content (AvgIpc) is 2.84. The molecule has 1 unspecified atom stereocenters. The summed E-state index contributed by atoms with van der Waals surface area (Å²) < 4.78 is 38.9. The Kier molecular flexibility index (Phi) is 6.76. The number of amides is 2. The van der Waals surface area contributed by atoms with E-state index in [1.54, 1.807) is 36.8 Å². The maximum atomic E-state index is 13.0. The predicted molar refractivity (Wildman–Crippen MR) is 121 cm³/mol. The van der Waals surface area contributed by atoms with Crippen molar-refractivity contribution < 1.29 is 22.8 Å². The number of alkyl halides is 3. The highest BCUT2D eigenvalue weighted by Gasteiger charge is 2.31. The van der Waals surface area contributed by atoms with Crippen molar-refractivity contribution in [3.05, 3.63) is 78.2 Å². The van der Waals surface area contributed by atoms with Crippen molar-refractivity contribution >= 4 is 29.0 Å². The number of rotatable bonds is 5. The molecule has 2 heterocycles. The standard InChI is InChI=1S/C24H22F3N5O2/c25-24(26,27)17-6-3-7-18(13-17)30-23(34)19-8-1-2-9-20(19)31-22(33)16-5-4-12-32(15-16)21-14-28-10-11-29-21/h1-3,6-11,13-14,16H,4-5,12,15H2,(H,30,34)(H,31,33). The molecule has 1 aliphatic heterocycles. The molecule has 1 saturated heterocycles. The third kappa shape index (κ3) is 5.51. The first kappa shape index (κ1) is 23.2. The number of nitrogens with zero attached hydrogens (tertiary/aromatic N) is 3. The van der Waals surface area contributed by atoms with Crippen LogP contribution >= 0.6 is 0 Å². The molecule has 0 bridgehead atoms. The summed E-state index contributed by atoms with van der Waals surface area (Å²) in [6.45, 7) is 1.22. The van der Waals surface area contributed by atoms with Crippen LogP contribution in [-0.4, -0.2) is 34.9 Å². The topological polar surface area (TPSA) is 87.2 Å². The molecule has 0 aliphatic carbocycles. The Hall–Kier alpha value is -3.95. The molecule has 2 amide bonds. The van der Waals surface area contributed by atoms with Gasteiger partial charge in [0.15, 0.2) is 0 Å². The van der Waals surface area contributed by atoms with Gasteiger partial charge in [-0.05, 0) is 43.2 Å². The van der Waals surface area contributed by atoms with Gasteiger partial charge < -0.3 is 15.5 Å². The number of anilines is 3. The minimum Gasteiger partial charge on any atom is -0.355 e. The summed E-state index contributed by atoms with van der Waals surface area (Å²) in [6, 6.07) is 10.8. The molecule has 0 radical (unpaired) electrons. The van der Waals surface area contributed by atoms with Crippen LogP contribution in [0.25, 0.3) is 0 Å². The SMILES string of the molecule is O=C(Nc1cccc(C(F)(F)F)c1)c1ccccc1NC(=O)C1CCCN(c2cnccn2)C1. The van der Waals surface area contributed by atoms with E-state index in [-0.39, 0.29) is 28.8 Å². The lowest BCUT2D eigenvalue weighted by molar-refractivity contribution is -0.137. The van der Waals surface area contributed by atoms with Gasteiger partial charge in [0.2, 0.25) is 5.91 Å². The Morgan fingerprint density at radius 1 is 1.03 bits per heavy atom. The largest absolute Gasteiger partial charge is 0.416 e. The van der Waals surface area contributed by atoms with E-state index in [1.165, 1.54) is 18.2 Å². The maximum absolute atomic E-state index is 13.0. The molecule has 1 aromatic heterocycles. The number of halogens is 3. The number of benzene rings is 2. The number of hydrogen-bond acceptors (Lipinski definition) is 5. The first-order valence-electron chi connectivity index (χ1n) is 10.7. The molecule has 0 spiro atoms. The van der Waals surface area contributed by atoms with Crippen molar-refractivity contribution in [2.75, 3.05) is 28.6 Å². The molecule has 10 heteroatoms. The fourth-order valence-electron chi connectivity index (χ4n) is 3.85. The summed E-state index contributed by atoms with van der Waals surface area (Å²) in [5.74, 6) is -0.496. The van der Waals surface area contributed by atoms with Gasteiger partial charge in [-0.2, -0.15) is 13.2 Å². The molecule has 3 aromatic rings. The molecule has 4 rings (SSSR count). The molecule has 176 valence electrons. The van der Waals surface area contributed by atoms with E-state index in [0.717, 1.165) is 25.1 Å². The number of aromatic nitrogens is 2. The summed E-state index contributed by atoms with van der Waals surface area (Å²) in [4.78, 5) is 36.2. The zero-order valence-corrected chi connectivity index (χ0v) is 18.0. The van der Waals surface area contributed by atoms with E-state index in [9.17, 15) is 22.8 Å². The molecule has 1 fully saturated rings.